The van der Waals surface area contributed by atoms with Crippen molar-refractivity contribution in [1.29, 1.82) is 0 Å². The lowest BCUT2D eigenvalue weighted by Gasteiger charge is -2.21. The maximum absolute atomic E-state index is 13.0. The Morgan fingerprint density at radius 1 is 1.17 bits per heavy atom. The lowest BCUT2D eigenvalue weighted by Crippen LogP contribution is -2.26. The van der Waals surface area contributed by atoms with Gasteiger partial charge in [0.05, 0.1) is 0 Å². The fourth-order valence-electron chi connectivity index (χ4n) is 1.98. The predicted octanol–water partition coefficient (Wildman–Crippen LogP) is 4.69. The highest BCUT2D eigenvalue weighted by molar-refractivity contribution is 5.19. The molecule has 1 N–H and O–H groups in total. The molecule has 0 aliphatic heterocycles. The largest absolute Gasteiger partial charge is 0.310 e. The van der Waals surface area contributed by atoms with E-state index in [-0.39, 0.29) is 5.82 Å². The van der Waals surface area contributed by atoms with Crippen LogP contribution >= 0.6 is 0 Å². The molecule has 0 aromatic heterocycles. The first-order valence-corrected chi connectivity index (χ1v) is 7.16. The molecule has 0 saturated carbocycles. The second kappa shape index (κ2) is 8.25. The van der Waals surface area contributed by atoms with Gasteiger partial charge in [-0.25, -0.2) is 4.39 Å². The summed E-state index contributed by atoms with van der Waals surface area (Å²) >= 11 is 0. The number of nitrogens with one attached hydrogen (secondary N) is 1. The van der Waals surface area contributed by atoms with E-state index < -0.39 is 0 Å². The van der Waals surface area contributed by atoms with Gasteiger partial charge in [0.1, 0.15) is 5.82 Å². The molecule has 2 heteroatoms. The second-order valence-electron chi connectivity index (χ2n) is 5.17. The highest BCUT2D eigenvalue weighted by atomic mass is 19.1. The molecule has 2 unspecified atom stereocenters. The first-order valence-electron chi connectivity index (χ1n) is 7.16. The second-order valence-corrected chi connectivity index (χ2v) is 5.17. The van der Waals surface area contributed by atoms with Gasteiger partial charge in [0.15, 0.2) is 0 Å². The van der Waals surface area contributed by atoms with Gasteiger partial charge in [-0.3, -0.25) is 0 Å². The molecule has 0 amide bonds. The minimum absolute atomic E-state index is 0.157. The van der Waals surface area contributed by atoms with E-state index in [1.165, 1.54) is 24.8 Å². The lowest BCUT2D eigenvalue weighted by atomic mass is 10.00. The van der Waals surface area contributed by atoms with Gasteiger partial charge in [-0.2, -0.15) is 0 Å². The van der Waals surface area contributed by atoms with E-state index in [2.05, 4.69) is 26.1 Å². The van der Waals surface area contributed by atoms with Crippen LogP contribution in [0.5, 0.6) is 0 Å². The summed E-state index contributed by atoms with van der Waals surface area (Å²) in [4.78, 5) is 0. The summed E-state index contributed by atoms with van der Waals surface area (Å²) in [5.41, 5.74) is 1.20. The topological polar surface area (TPSA) is 12.0 Å². The molecule has 1 rings (SSSR count). The van der Waals surface area contributed by atoms with E-state index in [4.69, 9.17) is 0 Å². The first-order chi connectivity index (χ1) is 8.67. The van der Waals surface area contributed by atoms with E-state index in [0.717, 1.165) is 13.0 Å². The third-order valence-corrected chi connectivity index (χ3v) is 3.53. The van der Waals surface area contributed by atoms with Crippen LogP contribution in [-0.2, 0) is 0 Å². The summed E-state index contributed by atoms with van der Waals surface area (Å²) in [6.07, 6.45) is 4.72. The molecule has 1 aromatic carbocycles. The molecule has 0 bridgehead atoms. The molecular weight excluding hydrogens is 225 g/mol. The van der Waals surface area contributed by atoms with Crippen LogP contribution in [0.2, 0.25) is 0 Å². The van der Waals surface area contributed by atoms with Crippen molar-refractivity contribution in [3.05, 3.63) is 35.6 Å². The lowest BCUT2D eigenvalue weighted by molar-refractivity contribution is 0.420. The predicted molar refractivity (Wildman–Crippen MR) is 76.1 cm³/mol. The average molecular weight is 251 g/mol. The van der Waals surface area contributed by atoms with Crippen molar-refractivity contribution in [2.24, 2.45) is 5.92 Å². The minimum atomic E-state index is -0.157. The monoisotopic (exact) mass is 251 g/mol. The first kappa shape index (κ1) is 15.2. The quantitative estimate of drug-likeness (QED) is 0.706. The van der Waals surface area contributed by atoms with E-state index in [1.54, 1.807) is 12.1 Å². The number of hydrogen-bond acceptors (Lipinski definition) is 1. The Bertz CT molecular complexity index is 320. The average Bonchev–Trinajstić information content (AvgIpc) is 2.40. The highest BCUT2D eigenvalue weighted by Crippen LogP contribution is 2.20. The van der Waals surface area contributed by atoms with Gasteiger partial charge in [-0.15, -0.1) is 0 Å². The Morgan fingerprint density at radius 2 is 1.83 bits per heavy atom. The molecule has 1 nitrogen and oxygen atoms in total. The van der Waals surface area contributed by atoms with Crippen molar-refractivity contribution in [3.63, 3.8) is 0 Å². The maximum atomic E-state index is 13.0. The molecular formula is C16H26FN. The minimum Gasteiger partial charge on any atom is -0.310 e. The summed E-state index contributed by atoms with van der Waals surface area (Å²) in [7, 11) is 0. The van der Waals surface area contributed by atoms with Crippen LogP contribution in [0.3, 0.4) is 0 Å². The van der Waals surface area contributed by atoms with Gasteiger partial charge >= 0.3 is 0 Å². The number of unbranched alkanes of at least 4 members (excludes halogenated alkanes) is 1. The van der Waals surface area contributed by atoms with Gasteiger partial charge in [-0.1, -0.05) is 52.2 Å². The molecule has 0 heterocycles. The van der Waals surface area contributed by atoms with Crippen LogP contribution in [0.15, 0.2) is 24.3 Å². The van der Waals surface area contributed by atoms with Gasteiger partial charge in [0.2, 0.25) is 0 Å². The Morgan fingerprint density at radius 3 is 2.39 bits per heavy atom. The van der Waals surface area contributed by atoms with E-state index in [0.29, 0.717) is 12.0 Å². The van der Waals surface area contributed by atoms with Crippen molar-refractivity contribution in [2.75, 3.05) is 6.54 Å². The molecule has 0 saturated heterocycles. The molecule has 0 fully saturated rings. The maximum Gasteiger partial charge on any atom is 0.123 e. The van der Waals surface area contributed by atoms with Crippen molar-refractivity contribution in [3.8, 4) is 0 Å². The summed E-state index contributed by atoms with van der Waals surface area (Å²) in [5.74, 6) is 0.532. The number of hydrogen-bond donors (Lipinski definition) is 1. The zero-order valence-electron chi connectivity index (χ0n) is 11.9. The number of halogens is 1. The molecule has 0 radical (unpaired) electrons. The Hall–Kier alpha value is -0.890. The van der Waals surface area contributed by atoms with E-state index in [9.17, 15) is 4.39 Å². The zero-order chi connectivity index (χ0) is 13.4. The van der Waals surface area contributed by atoms with Gasteiger partial charge < -0.3 is 5.32 Å². The third kappa shape index (κ3) is 5.18. The standard InChI is InChI=1S/C16H26FN/c1-4-6-7-16(18-12-13(3)5-2)14-8-10-15(17)11-9-14/h8-11,13,16,18H,4-7,12H2,1-3H3. The Labute approximate surface area is 111 Å². The smallest absolute Gasteiger partial charge is 0.123 e. The van der Waals surface area contributed by atoms with Gasteiger partial charge in [0, 0.05) is 6.04 Å². The summed E-state index contributed by atoms with van der Waals surface area (Å²) < 4.78 is 13.0. The third-order valence-electron chi connectivity index (χ3n) is 3.53. The number of rotatable bonds is 8. The van der Waals surface area contributed by atoms with Crippen LogP contribution in [0.1, 0.15) is 58.1 Å². The molecule has 0 aliphatic carbocycles. The van der Waals surface area contributed by atoms with E-state index >= 15 is 0 Å². The van der Waals surface area contributed by atoms with Crippen molar-refractivity contribution < 1.29 is 4.39 Å². The zero-order valence-corrected chi connectivity index (χ0v) is 11.9. The molecule has 2 atom stereocenters. The summed E-state index contributed by atoms with van der Waals surface area (Å²) in [6, 6.07) is 7.27. The molecule has 102 valence electrons. The summed E-state index contributed by atoms with van der Waals surface area (Å²) in [6.45, 7) is 7.71. The number of benzene rings is 1. The van der Waals surface area contributed by atoms with Crippen LogP contribution in [0, 0.1) is 11.7 Å². The fraction of sp³-hybridized carbons (Fsp3) is 0.625. The highest BCUT2D eigenvalue weighted by Gasteiger charge is 2.11. The van der Waals surface area contributed by atoms with Crippen LogP contribution in [-0.4, -0.2) is 6.54 Å². The van der Waals surface area contributed by atoms with Crippen molar-refractivity contribution in [1.82, 2.24) is 5.32 Å². The molecule has 1 aromatic rings. The molecule has 0 spiro atoms. The normalized spacial score (nSPS) is 14.4. The Kier molecular flexibility index (Phi) is 6.96. The van der Waals surface area contributed by atoms with Crippen molar-refractivity contribution >= 4 is 0 Å². The van der Waals surface area contributed by atoms with Crippen LogP contribution < -0.4 is 5.32 Å². The van der Waals surface area contributed by atoms with Crippen LogP contribution in [0.4, 0.5) is 4.39 Å². The molecule has 18 heavy (non-hydrogen) atoms. The van der Waals surface area contributed by atoms with E-state index in [1.807, 2.05) is 12.1 Å². The SMILES string of the molecule is CCCCC(NCC(C)CC)c1ccc(F)cc1. The van der Waals surface area contributed by atoms with Gasteiger partial charge in [0.25, 0.3) is 0 Å². The summed E-state index contributed by atoms with van der Waals surface area (Å²) in [5, 5.41) is 3.62. The Balaban J connectivity index is 2.62. The van der Waals surface area contributed by atoms with Crippen LogP contribution in [0.25, 0.3) is 0 Å². The van der Waals surface area contributed by atoms with Crippen molar-refractivity contribution in [2.45, 2.75) is 52.5 Å². The van der Waals surface area contributed by atoms with Gasteiger partial charge in [-0.05, 0) is 36.6 Å². The molecule has 0 aliphatic rings. The fourth-order valence-corrected chi connectivity index (χ4v) is 1.98.